The fourth-order valence-electron chi connectivity index (χ4n) is 3.28. The molecular weight excluding hydrogens is 411 g/mol. The van der Waals surface area contributed by atoms with Gasteiger partial charge in [0.2, 0.25) is 0 Å². The molecule has 0 bridgehead atoms. The number of amides is 1. The molecule has 0 aliphatic carbocycles. The van der Waals surface area contributed by atoms with E-state index < -0.39 is 0 Å². The fraction of sp³-hybridized carbons (Fsp3) is 0.381. The normalized spacial score (nSPS) is 16.1. The highest BCUT2D eigenvalue weighted by atomic mass is 79.9. The Balaban J connectivity index is 1.82. The summed E-state index contributed by atoms with van der Waals surface area (Å²) in [6.07, 6.45) is 0. The van der Waals surface area contributed by atoms with Gasteiger partial charge in [-0.2, -0.15) is 0 Å². The number of ether oxygens (including phenoxy) is 1. The average molecular weight is 435 g/mol. The van der Waals surface area contributed by atoms with Crippen LogP contribution < -0.4 is 0 Å². The van der Waals surface area contributed by atoms with Crippen LogP contribution in [0.25, 0.3) is 0 Å². The van der Waals surface area contributed by atoms with Gasteiger partial charge in [-0.3, -0.25) is 9.69 Å². The highest BCUT2D eigenvalue weighted by Gasteiger charge is 2.26. The highest BCUT2D eigenvalue weighted by molar-refractivity contribution is 9.10. The van der Waals surface area contributed by atoms with Crippen molar-refractivity contribution < 1.29 is 13.9 Å². The van der Waals surface area contributed by atoms with Crippen molar-refractivity contribution in [2.24, 2.45) is 0 Å². The molecule has 0 saturated carbocycles. The van der Waals surface area contributed by atoms with Crippen molar-refractivity contribution in [1.29, 1.82) is 0 Å². The van der Waals surface area contributed by atoms with Crippen molar-refractivity contribution in [2.75, 3.05) is 32.8 Å². The first-order valence-electron chi connectivity index (χ1n) is 9.14. The first kappa shape index (κ1) is 20.0. The molecule has 1 heterocycles. The first-order chi connectivity index (χ1) is 13.0. The summed E-state index contributed by atoms with van der Waals surface area (Å²) in [6.45, 7) is 6.55. The van der Waals surface area contributed by atoms with Crippen LogP contribution in [0.15, 0.2) is 53.0 Å². The second kappa shape index (κ2) is 9.44. The van der Waals surface area contributed by atoms with E-state index in [0.29, 0.717) is 16.6 Å². The van der Waals surface area contributed by atoms with Crippen LogP contribution in [0.2, 0.25) is 0 Å². The van der Waals surface area contributed by atoms with Gasteiger partial charge in [0.1, 0.15) is 5.82 Å². The van der Waals surface area contributed by atoms with E-state index >= 15 is 0 Å². The lowest BCUT2D eigenvalue weighted by Crippen LogP contribution is -2.48. The van der Waals surface area contributed by atoms with Crippen molar-refractivity contribution in [1.82, 2.24) is 9.80 Å². The molecule has 6 heteroatoms. The van der Waals surface area contributed by atoms with Gasteiger partial charge in [0.05, 0.1) is 18.8 Å². The topological polar surface area (TPSA) is 32.8 Å². The van der Waals surface area contributed by atoms with Crippen LogP contribution in [-0.4, -0.2) is 54.6 Å². The molecule has 0 N–H and O–H groups in total. The van der Waals surface area contributed by atoms with E-state index in [2.05, 4.69) is 27.8 Å². The average Bonchev–Trinajstić information content (AvgIpc) is 2.67. The molecule has 1 unspecified atom stereocenters. The maximum Gasteiger partial charge on any atom is 0.255 e. The molecule has 27 heavy (non-hydrogen) atoms. The summed E-state index contributed by atoms with van der Waals surface area (Å²) in [5.74, 6) is -0.471. The highest BCUT2D eigenvalue weighted by Crippen LogP contribution is 2.22. The number of carbonyl (C=O) groups is 1. The van der Waals surface area contributed by atoms with Crippen molar-refractivity contribution >= 4 is 21.8 Å². The molecule has 2 aromatic carbocycles. The Labute approximate surface area is 168 Å². The molecule has 1 fully saturated rings. The molecule has 4 nitrogen and oxygen atoms in total. The number of morpholine rings is 1. The van der Waals surface area contributed by atoms with Gasteiger partial charge in [0.15, 0.2) is 0 Å². The third kappa shape index (κ3) is 5.37. The molecular formula is C21H24BrFN2O2. The predicted octanol–water partition coefficient (Wildman–Crippen LogP) is 3.95. The standard InChI is InChI=1S/C21H24BrFN2O2/c1-16(14-24-9-11-27-12-10-24)25(15-17-5-3-2-4-6-17)21(26)19-8-7-18(23)13-20(19)22/h2-8,13,16H,9-12,14-15H2,1H3. The largest absolute Gasteiger partial charge is 0.379 e. The Morgan fingerprint density at radius 2 is 1.93 bits per heavy atom. The SMILES string of the molecule is CC(CN1CCOCC1)N(Cc1ccccc1)C(=O)c1ccc(F)cc1Br. The van der Waals surface area contributed by atoms with Gasteiger partial charge in [-0.1, -0.05) is 30.3 Å². The molecule has 144 valence electrons. The number of halogens is 2. The number of carbonyl (C=O) groups excluding carboxylic acids is 1. The molecule has 1 amide bonds. The van der Waals surface area contributed by atoms with Crippen LogP contribution in [0.4, 0.5) is 4.39 Å². The molecule has 0 spiro atoms. The van der Waals surface area contributed by atoms with Crippen LogP contribution >= 0.6 is 15.9 Å². The van der Waals surface area contributed by atoms with E-state index in [1.807, 2.05) is 35.2 Å². The molecule has 0 aromatic heterocycles. The summed E-state index contributed by atoms with van der Waals surface area (Å²) in [4.78, 5) is 17.5. The van der Waals surface area contributed by atoms with E-state index in [1.54, 1.807) is 6.07 Å². The minimum absolute atomic E-state index is 0.00718. The monoisotopic (exact) mass is 434 g/mol. The van der Waals surface area contributed by atoms with E-state index in [-0.39, 0.29) is 17.8 Å². The molecule has 1 aliphatic rings. The van der Waals surface area contributed by atoms with Gasteiger partial charge >= 0.3 is 0 Å². The zero-order chi connectivity index (χ0) is 19.2. The van der Waals surface area contributed by atoms with Gasteiger partial charge in [-0.05, 0) is 46.6 Å². The zero-order valence-corrected chi connectivity index (χ0v) is 17.0. The van der Waals surface area contributed by atoms with E-state index in [0.717, 1.165) is 38.4 Å². The lowest BCUT2D eigenvalue weighted by molar-refractivity contribution is 0.0228. The van der Waals surface area contributed by atoms with Crippen LogP contribution in [-0.2, 0) is 11.3 Å². The van der Waals surface area contributed by atoms with E-state index in [1.165, 1.54) is 12.1 Å². The van der Waals surface area contributed by atoms with E-state index in [4.69, 9.17) is 4.74 Å². The smallest absolute Gasteiger partial charge is 0.255 e. The Morgan fingerprint density at radius 1 is 1.22 bits per heavy atom. The molecule has 2 aromatic rings. The van der Waals surface area contributed by atoms with Crippen molar-refractivity contribution in [3.63, 3.8) is 0 Å². The van der Waals surface area contributed by atoms with Crippen molar-refractivity contribution in [3.05, 3.63) is 69.9 Å². The minimum Gasteiger partial charge on any atom is -0.379 e. The number of rotatable bonds is 6. The Hall–Kier alpha value is -1.76. The van der Waals surface area contributed by atoms with Gasteiger partial charge in [-0.15, -0.1) is 0 Å². The van der Waals surface area contributed by atoms with Gasteiger partial charge < -0.3 is 9.64 Å². The quantitative estimate of drug-likeness (QED) is 0.689. The summed E-state index contributed by atoms with van der Waals surface area (Å²) in [6, 6.07) is 14.1. The summed E-state index contributed by atoms with van der Waals surface area (Å²) in [7, 11) is 0. The lowest BCUT2D eigenvalue weighted by atomic mass is 10.1. The molecule has 1 aliphatic heterocycles. The summed E-state index contributed by atoms with van der Waals surface area (Å²) >= 11 is 3.33. The Morgan fingerprint density at radius 3 is 2.59 bits per heavy atom. The van der Waals surface area contributed by atoms with Gasteiger partial charge in [-0.25, -0.2) is 4.39 Å². The number of hydrogen-bond donors (Lipinski definition) is 0. The van der Waals surface area contributed by atoms with Crippen molar-refractivity contribution in [2.45, 2.75) is 19.5 Å². The second-order valence-electron chi connectivity index (χ2n) is 6.80. The third-order valence-corrected chi connectivity index (χ3v) is 5.43. The number of benzene rings is 2. The zero-order valence-electron chi connectivity index (χ0n) is 15.4. The van der Waals surface area contributed by atoms with Crippen LogP contribution in [0.3, 0.4) is 0 Å². The van der Waals surface area contributed by atoms with Crippen molar-refractivity contribution in [3.8, 4) is 0 Å². The van der Waals surface area contributed by atoms with Gasteiger partial charge in [0.25, 0.3) is 5.91 Å². The number of nitrogens with zero attached hydrogens (tertiary/aromatic N) is 2. The minimum atomic E-state index is -0.366. The molecule has 1 saturated heterocycles. The maximum atomic E-state index is 13.5. The Kier molecular flexibility index (Phi) is 6.99. The molecule has 3 rings (SSSR count). The van der Waals surface area contributed by atoms with Crippen LogP contribution in [0.5, 0.6) is 0 Å². The second-order valence-corrected chi connectivity index (χ2v) is 7.66. The molecule has 1 atom stereocenters. The van der Waals surface area contributed by atoms with E-state index in [9.17, 15) is 9.18 Å². The first-order valence-corrected chi connectivity index (χ1v) is 9.94. The van der Waals surface area contributed by atoms with Crippen LogP contribution in [0, 0.1) is 5.82 Å². The van der Waals surface area contributed by atoms with Crippen LogP contribution in [0.1, 0.15) is 22.8 Å². The fourth-order valence-corrected chi connectivity index (χ4v) is 3.80. The van der Waals surface area contributed by atoms with Gasteiger partial charge in [0, 0.05) is 36.7 Å². The number of hydrogen-bond acceptors (Lipinski definition) is 3. The maximum absolute atomic E-state index is 13.5. The lowest BCUT2D eigenvalue weighted by Gasteiger charge is -2.35. The predicted molar refractivity (Wildman–Crippen MR) is 107 cm³/mol. The summed E-state index contributed by atoms with van der Waals surface area (Å²) in [5.41, 5.74) is 1.54. The summed E-state index contributed by atoms with van der Waals surface area (Å²) < 4.78 is 19.3. The third-order valence-electron chi connectivity index (χ3n) is 4.78. The summed E-state index contributed by atoms with van der Waals surface area (Å²) in [5, 5.41) is 0. The molecule has 0 radical (unpaired) electrons. The Bertz CT molecular complexity index is 766.